The normalized spacial score (nSPS) is 10.7. The summed E-state index contributed by atoms with van der Waals surface area (Å²) in [6.07, 6.45) is 0.532. The van der Waals surface area contributed by atoms with Crippen LogP contribution < -0.4 is 4.74 Å². The van der Waals surface area contributed by atoms with Crippen molar-refractivity contribution < 1.29 is 13.9 Å². The van der Waals surface area contributed by atoms with Crippen molar-refractivity contribution in [3.05, 3.63) is 87.4 Å². The highest BCUT2D eigenvalue weighted by atomic mass is 32.1. The van der Waals surface area contributed by atoms with Gasteiger partial charge in [-0.2, -0.15) is 0 Å². The highest BCUT2D eigenvalue weighted by Crippen LogP contribution is 2.28. The molecule has 2 aromatic carbocycles. The minimum atomic E-state index is -0.336. The topological polar surface area (TPSA) is 29.5 Å². The van der Waals surface area contributed by atoms with E-state index in [0.717, 1.165) is 16.0 Å². The standard InChI is InChI=1S/C23H24FNO2S/c1-3-25(4-2)23(26)20-12-13-28-22(20)14-18-10-11-19(24)15-21(18)27-16-17-8-6-5-7-9-17/h5-13,15H,3-4,14,16H2,1-2H3. The Morgan fingerprint density at radius 3 is 2.54 bits per heavy atom. The van der Waals surface area contributed by atoms with Gasteiger partial charge >= 0.3 is 0 Å². The molecular formula is C23H24FNO2S. The van der Waals surface area contributed by atoms with E-state index >= 15 is 0 Å². The molecule has 0 saturated heterocycles. The summed E-state index contributed by atoms with van der Waals surface area (Å²) in [6.45, 7) is 5.66. The Morgan fingerprint density at radius 2 is 1.82 bits per heavy atom. The number of hydrogen-bond donors (Lipinski definition) is 0. The minimum absolute atomic E-state index is 0.0371. The second-order valence-corrected chi connectivity index (χ2v) is 7.44. The monoisotopic (exact) mass is 397 g/mol. The molecule has 3 rings (SSSR count). The average Bonchev–Trinajstić information content (AvgIpc) is 3.18. The smallest absolute Gasteiger partial charge is 0.254 e. The fraction of sp³-hybridized carbons (Fsp3) is 0.261. The van der Waals surface area contributed by atoms with E-state index in [1.165, 1.54) is 12.1 Å². The van der Waals surface area contributed by atoms with Crippen LogP contribution in [0, 0.1) is 5.82 Å². The molecular weight excluding hydrogens is 373 g/mol. The molecule has 0 unspecified atom stereocenters. The molecule has 3 aromatic rings. The van der Waals surface area contributed by atoms with Crippen LogP contribution in [0.2, 0.25) is 0 Å². The lowest BCUT2D eigenvalue weighted by Gasteiger charge is -2.19. The Morgan fingerprint density at radius 1 is 1.07 bits per heavy atom. The molecule has 0 spiro atoms. The number of hydrogen-bond acceptors (Lipinski definition) is 3. The van der Waals surface area contributed by atoms with Gasteiger partial charge in [0.1, 0.15) is 18.2 Å². The molecule has 146 valence electrons. The van der Waals surface area contributed by atoms with Gasteiger partial charge in [0, 0.05) is 30.5 Å². The van der Waals surface area contributed by atoms with Gasteiger partial charge in [-0.25, -0.2) is 4.39 Å². The molecule has 0 saturated carbocycles. The SMILES string of the molecule is CCN(CC)C(=O)c1ccsc1Cc1ccc(F)cc1OCc1ccccc1. The van der Waals surface area contributed by atoms with E-state index in [4.69, 9.17) is 4.74 Å². The maximum Gasteiger partial charge on any atom is 0.254 e. The Hall–Kier alpha value is -2.66. The van der Waals surface area contributed by atoms with E-state index in [1.807, 2.05) is 60.5 Å². The summed E-state index contributed by atoms with van der Waals surface area (Å²) in [6, 6.07) is 16.2. The third-order valence-corrected chi connectivity index (χ3v) is 5.56. The van der Waals surface area contributed by atoms with Crippen molar-refractivity contribution in [2.75, 3.05) is 13.1 Å². The largest absolute Gasteiger partial charge is 0.489 e. The maximum atomic E-state index is 13.8. The molecule has 0 N–H and O–H groups in total. The fourth-order valence-corrected chi connectivity index (χ4v) is 3.96. The van der Waals surface area contributed by atoms with E-state index in [0.29, 0.717) is 37.4 Å². The molecule has 0 radical (unpaired) electrons. The average molecular weight is 398 g/mol. The van der Waals surface area contributed by atoms with Crippen LogP contribution >= 0.6 is 11.3 Å². The lowest BCUT2D eigenvalue weighted by atomic mass is 10.1. The molecule has 0 bridgehead atoms. The van der Waals surface area contributed by atoms with Crippen LogP contribution in [0.4, 0.5) is 4.39 Å². The maximum absolute atomic E-state index is 13.8. The summed E-state index contributed by atoms with van der Waals surface area (Å²) in [5.41, 5.74) is 2.60. The van der Waals surface area contributed by atoms with E-state index in [1.54, 1.807) is 17.4 Å². The van der Waals surface area contributed by atoms with Crippen LogP contribution in [0.3, 0.4) is 0 Å². The summed E-state index contributed by atoms with van der Waals surface area (Å²) in [5, 5.41) is 1.93. The van der Waals surface area contributed by atoms with E-state index in [-0.39, 0.29) is 11.7 Å². The zero-order valence-electron chi connectivity index (χ0n) is 16.2. The van der Waals surface area contributed by atoms with Crippen molar-refractivity contribution in [1.29, 1.82) is 0 Å². The van der Waals surface area contributed by atoms with Crippen molar-refractivity contribution in [2.45, 2.75) is 26.9 Å². The second-order valence-electron chi connectivity index (χ2n) is 6.44. The van der Waals surface area contributed by atoms with Crippen molar-refractivity contribution >= 4 is 17.2 Å². The van der Waals surface area contributed by atoms with Crippen LogP contribution in [0.5, 0.6) is 5.75 Å². The lowest BCUT2D eigenvalue weighted by Crippen LogP contribution is -2.30. The van der Waals surface area contributed by atoms with Crippen LogP contribution in [-0.2, 0) is 13.0 Å². The number of carbonyl (C=O) groups excluding carboxylic acids is 1. The number of thiophene rings is 1. The van der Waals surface area contributed by atoms with Crippen LogP contribution in [-0.4, -0.2) is 23.9 Å². The molecule has 0 aliphatic heterocycles. The van der Waals surface area contributed by atoms with Gasteiger partial charge in [-0.3, -0.25) is 4.79 Å². The van der Waals surface area contributed by atoms with Gasteiger partial charge in [0.2, 0.25) is 0 Å². The van der Waals surface area contributed by atoms with E-state index in [9.17, 15) is 9.18 Å². The molecule has 0 atom stereocenters. The summed E-state index contributed by atoms with van der Waals surface area (Å²) < 4.78 is 19.7. The van der Waals surface area contributed by atoms with Crippen LogP contribution in [0.15, 0.2) is 60.0 Å². The van der Waals surface area contributed by atoms with E-state index < -0.39 is 0 Å². The molecule has 0 aliphatic carbocycles. The summed E-state index contributed by atoms with van der Waals surface area (Å²) in [4.78, 5) is 15.5. The van der Waals surface area contributed by atoms with Crippen molar-refractivity contribution in [3.8, 4) is 5.75 Å². The predicted octanol–water partition coefficient (Wildman–Crippen LogP) is 5.54. The molecule has 1 amide bonds. The third-order valence-electron chi connectivity index (χ3n) is 4.64. The summed E-state index contributed by atoms with van der Waals surface area (Å²) in [5.74, 6) is 0.214. The highest BCUT2D eigenvalue weighted by molar-refractivity contribution is 7.10. The molecule has 28 heavy (non-hydrogen) atoms. The van der Waals surface area contributed by atoms with Gasteiger partial charge in [0.05, 0.1) is 5.56 Å². The van der Waals surface area contributed by atoms with Crippen LogP contribution in [0.25, 0.3) is 0 Å². The first-order chi connectivity index (χ1) is 13.6. The highest BCUT2D eigenvalue weighted by Gasteiger charge is 2.19. The molecule has 1 aromatic heterocycles. The molecule has 5 heteroatoms. The first kappa shape index (κ1) is 20.1. The predicted molar refractivity (Wildman–Crippen MR) is 112 cm³/mol. The Balaban J connectivity index is 1.82. The zero-order chi connectivity index (χ0) is 19.9. The number of amides is 1. The zero-order valence-corrected chi connectivity index (χ0v) is 17.0. The molecule has 0 fully saturated rings. The quantitative estimate of drug-likeness (QED) is 0.499. The number of benzene rings is 2. The second kappa shape index (κ2) is 9.51. The first-order valence-corrected chi connectivity index (χ1v) is 10.3. The van der Waals surface area contributed by atoms with Crippen molar-refractivity contribution in [3.63, 3.8) is 0 Å². The molecule has 3 nitrogen and oxygen atoms in total. The molecule has 0 aliphatic rings. The molecule has 1 heterocycles. The number of ether oxygens (including phenoxy) is 1. The number of rotatable bonds is 8. The van der Waals surface area contributed by atoms with Gasteiger partial charge in [-0.05, 0) is 42.5 Å². The fourth-order valence-electron chi connectivity index (χ4n) is 3.07. The van der Waals surface area contributed by atoms with Gasteiger partial charge < -0.3 is 9.64 Å². The van der Waals surface area contributed by atoms with Gasteiger partial charge in [-0.1, -0.05) is 36.4 Å². The van der Waals surface area contributed by atoms with Gasteiger partial charge in [0.15, 0.2) is 0 Å². The third kappa shape index (κ3) is 4.78. The summed E-state index contributed by atoms with van der Waals surface area (Å²) in [7, 11) is 0. The first-order valence-electron chi connectivity index (χ1n) is 9.43. The summed E-state index contributed by atoms with van der Waals surface area (Å²) >= 11 is 1.54. The van der Waals surface area contributed by atoms with Gasteiger partial charge in [-0.15, -0.1) is 11.3 Å². The Bertz CT molecular complexity index is 919. The number of carbonyl (C=O) groups is 1. The van der Waals surface area contributed by atoms with E-state index in [2.05, 4.69) is 0 Å². The Labute approximate surface area is 169 Å². The minimum Gasteiger partial charge on any atom is -0.489 e. The number of nitrogens with zero attached hydrogens (tertiary/aromatic N) is 1. The van der Waals surface area contributed by atoms with Gasteiger partial charge in [0.25, 0.3) is 5.91 Å². The Kier molecular flexibility index (Phi) is 6.82. The lowest BCUT2D eigenvalue weighted by molar-refractivity contribution is 0.0772. The van der Waals surface area contributed by atoms with Crippen molar-refractivity contribution in [1.82, 2.24) is 4.90 Å². The number of halogens is 1. The van der Waals surface area contributed by atoms with Crippen molar-refractivity contribution in [2.24, 2.45) is 0 Å². The van der Waals surface area contributed by atoms with Crippen LogP contribution in [0.1, 0.15) is 40.2 Å².